The molecule has 0 aliphatic carbocycles. The number of benzene rings is 2. The Balaban J connectivity index is 2.00. The van der Waals surface area contributed by atoms with E-state index in [1.807, 2.05) is 4.72 Å². The molecule has 0 radical (unpaired) electrons. The largest absolute Gasteiger partial charge is 0.325 e. The van der Waals surface area contributed by atoms with Crippen LogP contribution >= 0.6 is 11.6 Å². The van der Waals surface area contributed by atoms with Crippen molar-refractivity contribution in [3.63, 3.8) is 0 Å². The Kier molecular flexibility index (Phi) is 6.81. The second kappa shape index (κ2) is 8.72. The first kappa shape index (κ1) is 21.9. The van der Waals surface area contributed by atoms with Gasteiger partial charge in [0.2, 0.25) is 11.8 Å². The Hall–Kier alpha value is -2.43. The number of carbonyl (C=O) groups excluding carboxylic acids is 2. The van der Waals surface area contributed by atoms with Crippen molar-refractivity contribution in [1.29, 1.82) is 0 Å². The second-order valence-corrected chi connectivity index (χ2v) is 10.1. The molecule has 0 spiro atoms. The quantitative estimate of drug-likeness (QED) is 0.669. The summed E-state index contributed by atoms with van der Waals surface area (Å²) in [6.07, 6.45) is 0. The van der Waals surface area contributed by atoms with Gasteiger partial charge in [-0.2, -0.15) is 0 Å². The molecule has 0 fully saturated rings. The van der Waals surface area contributed by atoms with Crippen LogP contribution in [-0.2, 0) is 35.2 Å². The highest BCUT2D eigenvalue weighted by Gasteiger charge is 2.19. The molecule has 0 heterocycles. The molecule has 2 aromatic carbocycles. The minimum absolute atomic E-state index is 0.170. The van der Waals surface area contributed by atoms with Crippen LogP contribution in [0.4, 0.5) is 5.69 Å². The molecule has 2 rings (SSSR count). The van der Waals surface area contributed by atoms with Gasteiger partial charge in [0.05, 0.1) is 10.6 Å². The molecule has 0 saturated heterocycles. The highest BCUT2D eigenvalue weighted by molar-refractivity contribution is 7.91. The van der Waals surface area contributed by atoms with Crippen molar-refractivity contribution < 1.29 is 26.4 Å². The molecule has 0 saturated carbocycles. The molecule has 0 aliphatic heterocycles. The maximum Gasteiger partial charge on any atom is 0.264 e. The number of sulfone groups is 1. The summed E-state index contributed by atoms with van der Waals surface area (Å²) in [5.41, 5.74) is 0.721. The van der Waals surface area contributed by atoms with Crippen LogP contribution in [0.5, 0.6) is 0 Å². The van der Waals surface area contributed by atoms with Crippen molar-refractivity contribution in [2.24, 2.45) is 0 Å². The van der Waals surface area contributed by atoms with E-state index < -0.39 is 37.4 Å². The third-order valence-corrected chi connectivity index (χ3v) is 6.55. The Bertz CT molecular complexity index is 1080. The Morgan fingerprint density at radius 3 is 2.04 bits per heavy atom. The van der Waals surface area contributed by atoms with Crippen molar-refractivity contribution in [3.05, 3.63) is 59.1 Å². The van der Waals surface area contributed by atoms with Crippen LogP contribution in [0.15, 0.2) is 53.4 Å². The van der Waals surface area contributed by atoms with Crippen molar-refractivity contribution in [2.75, 3.05) is 11.1 Å². The SMILES string of the molecule is CC(=O)NS(=O)(=O)c1ccc(NC(=O)CS(=O)(=O)Cc2ccc(Cl)cc2)cc1. The van der Waals surface area contributed by atoms with Crippen LogP contribution in [0.2, 0.25) is 5.02 Å². The first-order valence-electron chi connectivity index (χ1n) is 7.85. The van der Waals surface area contributed by atoms with Gasteiger partial charge >= 0.3 is 0 Å². The lowest BCUT2D eigenvalue weighted by molar-refractivity contribution is -0.117. The zero-order valence-corrected chi connectivity index (χ0v) is 17.1. The zero-order valence-electron chi connectivity index (χ0n) is 14.7. The molecular weight excluding hydrogens is 428 g/mol. The minimum atomic E-state index is -3.99. The fourth-order valence-corrected chi connectivity index (χ4v) is 4.64. The van der Waals surface area contributed by atoms with Gasteiger partial charge in [-0.1, -0.05) is 23.7 Å². The molecule has 0 atom stereocenters. The molecule has 0 aromatic heterocycles. The Labute approximate surface area is 167 Å². The number of nitrogens with one attached hydrogen (secondary N) is 2. The number of sulfonamides is 1. The number of rotatable bonds is 7. The summed E-state index contributed by atoms with van der Waals surface area (Å²) in [6.45, 7) is 1.07. The van der Waals surface area contributed by atoms with E-state index in [-0.39, 0.29) is 16.3 Å². The first-order chi connectivity index (χ1) is 13.0. The predicted octanol–water partition coefficient (Wildman–Crippen LogP) is 1.72. The lowest BCUT2D eigenvalue weighted by Gasteiger charge is -2.08. The van der Waals surface area contributed by atoms with E-state index in [2.05, 4.69) is 5.32 Å². The molecular formula is C17H17ClN2O6S2. The normalized spacial score (nSPS) is 11.6. The maximum atomic E-state index is 12.2. The Morgan fingerprint density at radius 1 is 0.929 bits per heavy atom. The lowest BCUT2D eigenvalue weighted by atomic mass is 10.2. The highest BCUT2D eigenvalue weighted by Crippen LogP contribution is 2.15. The third-order valence-electron chi connectivity index (χ3n) is 3.38. The van der Waals surface area contributed by atoms with Gasteiger partial charge in [-0.15, -0.1) is 0 Å². The number of amides is 2. The van der Waals surface area contributed by atoms with Gasteiger partial charge in [0.25, 0.3) is 10.0 Å². The molecule has 0 unspecified atom stereocenters. The van der Waals surface area contributed by atoms with E-state index in [0.717, 1.165) is 6.92 Å². The second-order valence-electron chi connectivity index (χ2n) is 5.89. The van der Waals surface area contributed by atoms with Gasteiger partial charge < -0.3 is 5.32 Å². The monoisotopic (exact) mass is 444 g/mol. The van der Waals surface area contributed by atoms with Crippen molar-refractivity contribution in [2.45, 2.75) is 17.6 Å². The number of hydrogen-bond donors (Lipinski definition) is 2. The number of anilines is 1. The lowest BCUT2D eigenvalue weighted by Crippen LogP contribution is -2.28. The third kappa shape index (κ3) is 6.63. The van der Waals surface area contributed by atoms with Gasteiger partial charge in [-0.3, -0.25) is 9.59 Å². The molecule has 0 bridgehead atoms. The first-order valence-corrected chi connectivity index (χ1v) is 11.5. The van der Waals surface area contributed by atoms with Crippen LogP contribution in [0.3, 0.4) is 0 Å². The van der Waals surface area contributed by atoms with Crippen LogP contribution < -0.4 is 10.0 Å². The summed E-state index contributed by atoms with van der Waals surface area (Å²) in [6, 6.07) is 11.2. The predicted molar refractivity (Wildman–Crippen MR) is 105 cm³/mol. The summed E-state index contributed by atoms with van der Waals surface area (Å²) in [5.74, 6) is -2.54. The number of halogens is 1. The minimum Gasteiger partial charge on any atom is -0.325 e. The van der Waals surface area contributed by atoms with Gasteiger partial charge in [0.1, 0.15) is 5.75 Å². The molecule has 2 amide bonds. The molecule has 2 aromatic rings. The molecule has 2 N–H and O–H groups in total. The molecule has 8 nitrogen and oxygen atoms in total. The van der Waals surface area contributed by atoms with Crippen molar-refractivity contribution in [1.82, 2.24) is 4.72 Å². The van der Waals surface area contributed by atoms with E-state index in [1.165, 1.54) is 24.3 Å². The van der Waals surface area contributed by atoms with Crippen LogP contribution in [0, 0.1) is 0 Å². The summed E-state index contributed by atoms with van der Waals surface area (Å²) >= 11 is 5.75. The summed E-state index contributed by atoms with van der Waals surface area (Å²) in [7, 11) is -7.70. The average Bonchev–Trinajstić information content (AvgIpc) is 2.55. The van der Waals surface area contributed by atoms with Gasteiger partial charge in [-0.25, -0.2) is 21.6 Å². The van der Waals surface area contributed by atoms with E-state index in [0.29, 0.717) is 10.6 Å². The molecule has 150 valence electrons. The molecule has 11 heteroatoms. The average molecular weight is 445 g/mol. The zero-order chi connectivity index (χ0) is 20.9. The maximum absolute atomic E-state index is 12.2. The fourth-order valence-electron chi connectivity index (χ4n) is 2.25. The summed E-state index contributed by atoms with van der Waals surface area (Å²) < 4.78 is 49.8. The standard InChI is InChI=1S/C17H17ClN2O6S2/c1-12(21)20-28(25,26)16-8-6-15(7-9-16)19-17(22)11-27(23,24)10-13-2-4-14(18)5-3-13/h2-9H,10-11H2,1H3,(H,19,22)(H,20,21). The number of hydrogen-bond acceptors (Lipinski definition) is 6. The molecule has 28 heavy (non-hydrogen) atoms. The highest BCUT2D eigenvalue weighted by atomic mass is 35.5. The summed E-state index contributed by atoms with van der Waals surface area (Å²) in [4.78, 5) is 22.8. The van der Waals surface area contributed by atoms with Crippen LogP contribution in [-0.4, -0.2) is 34.4 Å². The van der Waals surface area contributed by atoms with E-state index in [4.69, 9.17) is 11.6 Å². The van der Waals surface area contributed by atoms with E-state index >= 15 is 0 Å². The van der Waals surface area contributed by atoms with Gasteiger partial charge in [0.15, 0.2) is 9.84 Å². The van der Waals surface area contributed by atoms with E-state index in [9.17, 15) is 26.4 Å². The van der Waals surface area contributed by atoms with Crippen molar-refractivity contribution >= 4 is 49.0 Å². The summed E-state index contributed by atoms with van der Waals surface area (Å²) in [5, 5.41) is 2.87. The number of carbonyl (C=O) groups is 2. The Morgan fingerprint density at radius 2 is 1.50 bits per heavy atom. The fraction of sp³-hybridized carbons (Fsp3) is 0.176. The van der Waals surface area contributed by atoms with Crippen LogP contribution in [0.25, 0.3) is 0 Å². The van der Waals surface area contributed by atoms with E-state index in [1.54, 1.807) is 24.3 Å². The van der Waals surface area contributed by atoms with Gasteiger partial charge in [-0.05, 0) is 42.0 Å². The van der Waals surface area contributed by atoms with Crippen molar-refractivity contribution in [3.8, 4) is 0 Å². The van der Waals surface area contributed by atoms with Crippen LogP contribution in [0.1, 0.15) is 12.5 Å². The van der Waals surface area contributed by atoms with Gasteiger partial charge in [0, 0.05) is 17.6 Å². The molecule has 0 aliphatic rings. The topological polar surface area (TPSA) is 126 Å². The smallest absolute Gasteiger partial charge is 0.264 e.